The molecule has 0 saturated carbocycles. The number of nitriles is 1. The Balaban J connectivity index is 4.01. The number of rotatable bonds is 1. The van der Waals surface area contributed by atoms with Crippen molar-refractivity contribution < 1.29 is 9.53 Å². The largest absolute Gasteiger partial charge is 0.458 e. The molecule has 0 spiro atoms. The molecule has 0 fully saturated rings. The van der Waals surface area contributed by atoms with Crippen molar-refractivity contribution in [1.82, 2.24) is 0 Å². The first-order valence-electron chi connectivity index (χ1n) is 3.25. The van der Waals surface area contributed by atoms with Crippen molar-refractivity contribution in [3.8, 4) is 6.07 Å². The highest BCUT2D eigenvalue weighted by molar-refractivity contribution is 5.78. The van der Waals surface area contributed by atoms with Gasteiger partial charge >= 0.3 is 5.97 Å². The zero-order valence-electron chi connectivity index (χ0n) is 6.92. The third-order valence-electron chi connectivity index (χ3n) is 0.800. The first kappa shape index (κ1) is 9.92. The second kappa shape index (κ2) is 3.35. The maximum absolute atomic E-state index is 10.8. The summed E-state index contributed by atoms with van der Waals surface area (Å²) in [5.74, 6) is -0.681. The van der Waals surface area contributed by atoms with Crippen LogP contribution in [-0.4, -0.2) is 17.6 Å². The van der Waals surface area contributed by atoms with Crippen molar-refractivity contribution >= 4 is 5.97 Å². The van der Waals surface area contributed by atoms with E-state index in [0.717, 1.165) is 0 Å². The number of esters is 1. The zero-order valence-corrected chi connectivity index (χ0v) is 6.92. The molecule has 4 nitrogen and oxygen atoms in total. The van der Waals surface area contributed by atoms with E-state index in [1.54, 1.807) is 26.8 Å². The maximum atomic E-state index is 10.8. The Morgan fingerprint density at radius 3 is 2.36 bits per heavy atom. The van der Waals surface area contributed by atoms with Crippen LogP contribution in [0, 0.1) is 11.3 Å². The van der Waals surface area contributed by atoms with Crippen molar-refractivity contribution in [2.75, 3.05) is 0 Å². The van der Waals surface area contributed by atoms with Crippen LogP contribution in [0.5, 0.6) is 0 Å². The second-order valence-corrected chi connectivity index (χ2v) is 3.14. The molecule has 4 heteroatoms. The monoisotopic (exact) mass is 156 g/mol. The van der Waals surface area contributed by atoms with Gasteiger partial charge in [0.25, 0.3) is 0 Å². The van der Waals surface area contributed by atoms with Gasteiger partial charge in [0, 0.05) is 0 Å². The molecule has 0 saturated heterocycles. The van der Waals surface area contributed by atoms with Crippen LogP contribution in [0.2, 0.25) is 0 Å². The van der Waals surface area contributed by atoms with Crippen molar-refractivity contribution in [3.63, 3.8) is 0 Å². The highest BCUT2D eigenvalue weighted by atomic mass is 16.6. The van der Waals surface area contributed by atoms with Gasteiger partial charge in [-0.15, -0.1) is 0 Å². The fourth-order valence-corrected chi connectivity index (χ4v) is 0.418. The van der Waals surface area contributed by atoms with E-state index in [0.29, 0.717) is 0 Å². The minimum atomic E-state index is -1.17. The van der Waals surface area contributed by atoms with Crippen LogP contribution >= 0.6 is 0 Å². The van der Waals surface area contributed by atoms with E-state index < -0.39 is 17.6 Å². The van der Waals surface area contributed by atoms with E-state index in [9.17, 15) is 4.79 Å². The number of ether oxygens (including phenoxy) is 1. The number of carbonyl (C=O) groups excluding carboxylic acids is 1. The third-order valence-corrected chi connectivity index (χ3v) is 0.800. The third kappa shape index (κ3) is 4.34. The molecule has 0 radical (unpaired) electrons. The van der Waals surface area contributed by atoms with Crippen LogP contribution in [0.1, 0.15) is 20.8 Å². The fourth-order valence-electron chi connectivity index (χ4n) is 0.418. The van der Waals surface area contributed by atoms with Crippen LogP contribution < -0.4 is 5.73 Å². The Kier molecular flexibility index (Phi) is 3.02. The lowest BCUT2D eigenvalue weighted by Gasteiger charge is -2.19. The van der Waals surface area contributed by atoms with Gasteiger partial charge in [0.05, 0.1) is 6.07 Å². The fraction of sp³-hybridized carbons (Fsp3) is 0.714. The molecule has 2 N–H and O–H groups in total. The van der Waals surface area contributed by atoms with Gasteiger partial charge < -0.3 is 10.5 Å². The lowest BCUT2D eigenvalue weighted by Crippen LogP contribution is -2.36. The molecule has 0 aromatic carbocycles. The lowest BCUT2D eigenvalue weighted by atomic mass is 10.2. The molecule has 1 unspecified atom stereocenters. The van der Waals surface area contributed by atoms with Gasteiger partial charge in [-0.05, 0) is 20.8 Å². The molecule has 0 amide bonds. The molecule has 1 atom stereocenters. The number of carbonyl (C=O) groups is 1. The quantitative estimate of drug-likeness (QED) is 0.549. The van der Waals surface area contributed by atoms with Gasteiger partial charge in [0.15, 0.2) is 6.04 Å². The summed E-state index contributed by atoms with van der Waals surface area (Å²) in [5, 5.41) is 8.23. The predicted octanol–water partition coefficient (Wildman–Crippen LogP) is 0.179. The van der Waals surface area contributed by atoms with Gasteiger partial charge in [-0.1, -0.05) is 0 Å². The lowest BCUT2D eigenvalue weighted by molar-refractivity contribution is -0.154. The molecule has 0 aliphatic rings. The highest BCUT2D eigenvalue weighted by Gasteiger charge is 2.21. The molecule has 0 heterocycles. The number of nitrogens with zero attached hydrogens (tertiary/aromatic N) is 1. The minimum absolute atomic E-state index is 0.578. The van der Waals surface area contributed by atoms with Gasteiger partial charge in [-0.2, -0.15) is 5.26 Å². The summed E-state index contributed by atoms with van der Waals surface area (Å²) in [6.45, 7) is 5.15. The Labute approximate surface area is 65.9 Å². The second-order valence-electron chi connectivity index (χ2n) is 3.14. The molecule has 62 valence electrons. The van der Waals surface area contributed by atoms with Crippen LogP contribution in [0.15, 0.2) is 0 Å². The van der Waals surface area contributed by atoms with E-state index in [1.165, 1.54) is 0 Å². The van der Waals surface area contributed by atoms with E-state index >= 15 is 0 Å². The summed E-state index contributed by atoms with van der Waals surface area (Å²) in [6, 6.07) is 0.418. The minimum Gasteiger partial charge on any atom is -0.458 e. The Morgan fingerprint density at radius 2 is 2.09 bits per heavy atom. The van der Waals surface area contributed by atoms with Crippen molar-refractivity contribution in [2.24, 2.45) is 5.73 Å². The van der Waals surface area contributed by atoms with Crippen LogP contribution in [0.25, 0.3) is 0 Å². The summed E-state index contributed by atoms with van der Waals surface area (Å²) in [7, 11) is 0. The number of nitrogens with two attached hydrogens (primary N) is 1. The molecular weight excluding hydrogens is 144 g/mol. The van der Waals surface area contributed by atoms with Gasteiger partial charge in [0.2, 0.25) is 0 Å². The molecular formula is C7H12N2O2. The Morgan fingerprint density at radius 1 is 1.64 bits per heavy atom. The maximum Gasteiger partial charge on any atom is 0.338 e. The summed E-state index contributed by atoms with van der Waals surface area (Å²) >= 11 is 0. The van der Waals surface area contributed by atoms with Gasteiger partial charge in [-0.25, -0.2) is 4.79 Å². The smallest absolute Gasteiger partial charge is 0.338 e. The predicted molar refractivity (Wildman–Crippen MR) is 39.4 cm³/mol. The van der Waals surface area contributed by atoms with E-state index in [2.05, 4.69) is 0 Å². The number of hydrogen-bond donors (Lipinski definition) is 1. The molecule has 0 aliphatic carbocycles. The van der Waals surface area contributed by atoms with E-state index in [-0.39, 0.29) is 0 Å². The Bertz CT molecular complexity index is 188. The number of hydrogen-bond acceptors (Lipinski definition) is 4. The Hall–Kier alpha value is -1.08. The molecule has 0 aromatic rings. The molecule has 0 aromatic heterocycles. The SMILES string of the molecule is CC(C)(C)OC(=O)C(N)C#N. The molecule has 11 heavy (non-hydrogen) atoms. The summed E-state index contributed by atoms with van der Waals surface area (Å²) in [4.78, 5) is 10.8. The van der Waals surface area contributed by atoms with Crippen molar-refractivity contribution in [3.05, 3.63) is 0 Å². The molecule has 0 aliphatic heterocycles. The summed E-state index contributed by atoms with van der Waals surface area (Å²) < 4.78 is 4.80. The van der Waals surface area contributed by atoms with Crippen LogP contribution in [0.4, 0.5) is 0 Å². The van der Waals surface area contributed by atoms with E-state index in [1.807, 2.05) is 0 Å². The zero-order chi connectivity index (χ0) is 9.07. The van der Waals surface area contributed by atoms with E-state index in [4.69, 9.17) is 15.7 Å². The average molecular weight is 156 g/mol. The van der Waals surface area contributed by atoms with Crippen LogP contribution in [0.3, 0.4) is 0 Å². The topological polar surface area (TPSA) is 76.1 Å². The normalized spacial score (nSPS) is 13.4. The first-order chi connectivity index (χ1) is 4.87. The standard InChI is InChI=1S/C7H12N2O2/c1-7(2,3)11-6(10)5(9)4-8/h5H,9H2,1-3H3. The van der Waals surface area contributed by atoms with Gasteiger partial charge in [0.1, 0.15) is 5.60 Å². The average Bonchev–Trinajstić information content (AvgIpc) is 1.82. The summed E-state index contributed by atoms with van der Waals surface area (Å²) in [5.41, 5.74) is 4.51. The first-order valence-corrected chi connectivity index (χ1v) is 3.25. The molecule has 0 bridgehead atoms. The van der Waals surface area contributed by atoms with Gasteiger partial charge in [-0.3, -0.25) is 0 Å². The van der Waals surface area contributed by atoms with Crippen LogP contribution in [-0.2, 0) is 9.53 Å². The van der Waals surface area contributed by atoms with Crippen molar-refractivity contribution in [2.45, 2.75) is 32.4 Å². The molecule has 0 rings (SSSR count). The van der Waals surface area contributed by atoms with Crippen molar-refractivity contribution in [1.29, 1.82) is 5.26 Å². The summed E-state index contributed by atoms with van der Waals surface area (Å²) in [6.07, 6.45) is 0. The highest BCUT2D eigenvalue weighted by Crippen LogP contribution is 2.07.